The Hall–Kier alpha value is -3.59. The van der Waals surface area contributed by atoms with Crippen molar-refractivity contribution in [1.29, 1.82) is 0 Å². The maximum absolute atomic E-state index is 12.8. The fraction of sp³-hybridized carbons (Fsp3) is 0.261. The molecule has 0 atom stereocenters. The molecule has 2 aromatic carbocycles. The second-order valence-corrected chi connectivity index (χ2v) is 7.84. The number of nitrogens with zero attached hydrogens (tertiary/aromatic N) is 3. The number of aromatic nitrogens is 3. The number of halogens is 2. The molecule has 0 saturated carbocycles. The molecule has 0 aliphatic carbocycles. The fourth-order valence-corrected chi connectivity index (χ4v) is 3.82. The predicted octanol–water partition coefficient (Wildman–Crippen LogP) is 3.06. The number of amides is 1. The van der Waals surface area contributed by atoms with E-state index in [9.17, 15) is 18.4 Å². The van der Waals surface area contributed by atoms with Gasteiger partial charge < -0.3 is 11.1 Å². The van der Waals surface area contributed by atoms with Gasteiger partial charge in [0.15, 0.2) is 0 Å². The molecule has 1 aliphatic heterocycles. The predicted molar refractivity (Wildman–Crippen MR) is 117 cm³/mol. The fourth-order valence-electron chi connectivity index (χ4n) is 3.82. The minimum absolute atomic E-state index is 0.0429. The van der Waals surface area contributed by atoms with Crippen LogP contribution in [0.3, 0.4) is 0 Å². The van der Waals surface area contributed by atoms with Crippen LogP contribution in [-0.2, 0) is 24.3 Å². The summed E-state index contributed by atoms with van der Waals surface area (Å²) in [5, 5.41) is 6.86. The number of anilines is 1. The zero-order valence-corrected chi connectivity index (χ0v) is 17.6. The summed E-state index contributed by atoms with van der Waals surface area (Å²) in [6, 6.07) is 11.9. The number of nitrogens with two attached hydrogens (primary N) is 1. The molecule has 0 fully saturated rings. The molecule has 4 rings (SSSR count). The van der Waals surface area contributed by atoms with Crippen LogP contribution in [0.2, 0.25) is 0 Å². The molecule has 0 saturated heterocycles. The van der Waals surface area contributed by atoms with Crippen molar-refractivity contribution < 1.29 is 13.6 Å². The Bertz CT molecular complexity index is 1250. The highest BCUT2D eigenvalue weighted by molar-refractivity contribution is 5.95. The molecule has 0 unspecified atom stereocenters. The molecular formula is C23H23F2N5O2. The van der Waals surface area contributed by atoms with Crippen molar-refractivity contribution >= 4 is 11.6 Å². The van der Waals surface area contributed by atoms with Gasteiger partial charge in [0, 0.05) is 24.2 Å². The molecule has 9 heteroatoms. The van der Waals surface area contributed by atoms with Crippen molar-refractivity contribution in [2.75, 3.05) is 11.9 Å². The molecule has 3 aromatic rings. The van der Waals surface area contributed by atoms with Crippen LogP contribution in [0, 0.1) is 6.92 Å². The van der Waals surface area contributed by atoms with Crippen LogP contribution < -0.4 is 16.7 Å². The van der Waals surface area contributed by atoms with Crippen molar-refractivity contribution in [2.24, 2.45) is 5.73 Å². The van der Waals surface area contributed by atoms with Gasteiger partial charge in [0.25, 0.3) is 6.08 Å². The second kappa shape index (κ2) is 8.88. The summed E-state index contributed by atoms with van der Waals surface area (Å²) in [5.41, 5.74) is 10.5. The van der Waals surface area contributed by atoms with Crippen molar-refractivity contribution in [1.82, 2.24) is 14.3 Å². The summed E-state index contributed by atoms with van der Waals surface area (Å²) in [4.78, 5) is 24.1. The number of rotatable bonds is 6. The summed E-state index contributed by atoms with van der Waals surface area (Å²) in [6.45, 7) is 1.58. The molecule has 1 aliphatic rings. The van der Waals surface area contributed by atoms with E-state index >= 15 is 0 Å². The van der Waals surface area contributed by atoms with Gasteiger partial charge in [-0.1, -0.05) is 24.3 Å². The van der Waals surface area contributed by atoms with Crippen molar-refractivity contribution in [3.05, 3.63) is 81.6 Å². The van der Waals surface area contributed by atoms with E-state index in [0.29, 0.717) is 12.8 Å². The summed E-state index contributed by atoms with van der Waals surface area (Å²) in [5.74, 6) is 0.0429. The molecule has 0 bridgehead atoms. The Balaban J connectivity index is 1.52. The first-order valence-corrected chi connectivity index (χ1v) is 10.2. The SMILES string of the molecule is Cc1cc(-c2ccc(Cn3cnn(CC(CN)=C(F)F)c3=O)cc2)cc2c1NC(=O)CC2. The van der Waals surface area contributed by atoms with Gasteiger partial charge in [-0.15, -0.1) is 0 Å². The minimum atomic E-state index is -1.88. The number of fused-ring (bicyclic) bond motifs is 1. The van der Waals surface area contributed by atoms with Crippen molar-refractivity contribution in [3.63, 3.8) is 0 Å². The van der Waals surface area contributed by atoms with Gasteiger partial charge >= 0.3 is 5.69 Å². The van der Waals surface area contributed by atoms with Crippen LogP contribution in [0.25, 0.3) is 11.1 Å². The maximum atomic E-state index is 12.8. The monoisotopic (exact) mass is 439 g/mol. The van der Waals surface area contributed by atoms with E-state index in [1.807, 2.05) is 37.3 Å². The topological polar surface area (TPSA) is 94.9 Å². The van der Waals surface area contributed by atoms with Crippen LogP contribution >= 0.6 is 0 Å². The molecule has 32 heavy (non-hydrogen) atoms. The number of benzene rings is 2. The van der Waals surface area contributed by atoms with E-state index < -0.39 is 11.8 Å². The van der Waals surface area contributed by atoms with Gasteiger partial charge in [-0.25, -0.2) is 9.48 Å². The second-order valence-electron chi connectivity index (χ2n) is 7.84. The normalized spacial score (nSPS) is 12.9. The van der Waals surface area contributed by atoms with Crippen LogP contribution in [0.15, 0.2) is 59.2 Å². The molecule has 3 N–H and O–H groups in total. The minimum Gasteiger partial charge on any atom is -0.327 e. The van der Waals surface area contributed by atoms with Gasteiger partial charge in [-0.3, -0.25) is 9.36 Å². The third-order valence-corrected chi connectivity index (χ3v) is 5.59. The summed E-state index contributed by atoms with van der Waals surface area (Å²) in [7, 11) is 0. The number of nitrogens with one attached hydrogen (secondary N) is 1. The van der Waals surface area contributed by atoms with E-state index in [1.165, 1.54) is 10.9 Å². The molecule has 1 amide bonds. The van der Waals surface area contributed by atoms with E-state index in [-0.39, 0.29) is 31.1 Å². The van der Waals surface area contributed by atoms with Crippen LogP contribution in [0.4, 0.5) is 14.5 Å². The maximum Gasteiger partial charge on any atom is 0.346 e. The number of carbonyl (C=O) groups excluding carboxylic acids is 1. The van der Waals surface area contributed by atoms with Crippen LogP contribution in [0.1, 0.15) is 23.1 Å². The Morgan fingerprint density at radius 1 is 1.12 bits per heavy atom. The first-order chi connectivity index (χ1) is 15.4. The zero-order chi connectivity index (χ0) is 22.8. The number of aryl methyl sites for hydroxylation is 2. The zero-order valence-electron chi connectivity index (χ0n) is 17.6. The highest BCUT2D eigenvalue weighted by Crippen LogP contribution is 2.32. The molecule has 166 valence electrons. The van der Waals surface area contributed by atoms with E-state index in [0.717, 1.165) is 38.2 Å². The molecule has 0 spiro atoms. The highest BCUT2D eigenvalue weighted by atomic mass is 19.3. The highest BCUT2D eigenvalue weighted by Gasteiger charge is 2.18. The first-order valence-electron chi connectivity index (χ1n) is 10.2. The van der Waals surface area contributed by atoms with Crippen LogP contribution in [-0.4, -0.2) is 26.8 Å². The van der Waals surface area contributed by atoms with Gasteiger partial charge in [-0.2, -0.15) is 13.9 Å². The standard InChI is InChI=1S/C23H23F2N5O2/c1-14-8-18(9-17-6-7-20(31)28-21(14)17)16-4-2-15(3-5-16)11-29-13-27-30(23(29)32)12-19(10-26)22(24)25/h2-5,8-9,13H,6-7,10-12,26H2,1H3,(H,28,31). The average molecular weight is 439 g/mol. The van der Waals surface area contributed by atoms with E-state index in [1.54, 1.807) is 0 Å². The van der Waals surface area contributed by atoms with Crippen molar-refractivity contribution in [2.45, 2.75) is 32.9 Å². The van der Waals surface area contributed by atoms with Crippen molar-refractivity contribution in [3.8, 4) is 11.1 Å². The van der Waals surface area contributed by atoms with E-state index in [2.05, 4.69) is 16.5 Å². The smallest absolute Gasteiger partial charge is 0.327 e. The molecule has 1 aromatic heterocycles. The lowest BCUT2D eigenvalue weighted by atomic mass is 9.93. The summed E-state index contributed by atoms with van der Waals surface area (Å²) in [6.07, 6.45) is 0.650. The first kappa shape index (κ1) is 21.6. The Morgan fingerprint density at radius 2 is 1.88 bits per heavy atom. The summed E-state index contributed by atoms with van der Waals surface area (Å²) < 4.78 is 28.0. The molecule has 0 radical (unpaired) electrons. The molecule has 7 nitrogen and oxygen atoms in total. The third-order valence-electron chi connectivity index (χ3n) is 5.59. The largest absolute Gasteiger partial charge is 0.346 e. The average Bonchev–Trinajstić information content (AvgIpc) is 3.11. The lowest BCUT2D eigenvalue weighted by Gasteiger charge is -2.20. The molecule has 2 heterocycles. The number of carbonyl (C=O) groups is 1. The quantitative estimate of drug-likeness (QED) is 0.617. The van der Waals surface area contributed by atoms with E-state index in [4.69, 9.17) is 5.73 Å². The van der Waals surface area contributed by atoms with Gasteiger partial charge in [0.1, 0.15) is 6.33 Å². The van der Waals surface area contributed by atoms with Crippen LogP contribution in [0.5, 0.6) is 0 Å². The lowest BCUT2D eigenvalue weighted by Crippen LogP contribution is -2.27. The van der Waals surface area contributed by atoms with Gasteiger partial charge in [-0.05, 0) is 53.3 Å². The summed E-state index contributed by atoms with van der Waals surface area (Å²) >= 11 is 0. The number of hydrogen-bond donors (Lipinski definition) is 2. The third kappa shape index (κ3) is 4.38. The Morgan fingerprint density at radius 3 is 2.56 bits per heavy atom. The Kier molecular flexibility index (Phi) is 6.00. The number of hydrogen-bond acceptors (Lipinski definition) is 4. The Labute approximate surface area is 183 Å². The lowest BCUT2D eigenvalue weighted by molar-refractivity contribution is -0.116. The van der Waals surface area contributed by atoms with Gasteiger partial charge in [0.05, 0.1) is 13.1 Å². The van der Waals surface area contributed by atoms with Gasteiger partial charge in [0.2, 0.25) is 5.91 Å². The molecular weight excluding hydrogens is 416 g/mol.